The molecule has 0 saturated carbocycles. The molecular formula is C11H20N4O3. The lowest BCUT2D eigenvalue weighted by Gasteiger charge is -2.19. The number of carbonyl (C=O) groups excluding carboxylic acids is 1. The van der Waals surface area contributed by atoms with Crippen LogP contribution in [0, 0.1) is 0 Å². The Morgan fingerprint density at radius 1 is 1.39 bits per heavy atom. The van der Waals surface area contributed by atoms with Crippen LogP contribution in [-0.2, 0) is 6.42 Å². The zero-order valence-electron chi connectivity index (χ0n) is 10.5. The van der Waals surface area contributed by atoms with E-state index >= 15 is 0 Å². The molecule has 0 aromatic carbocycles. The molecule has 102 valence electrons. The molecule has 0 aliphatic carbocycles. The van der Waals surface area contributed by atoms with Gasteiger partial charge in [0.25, 0.3) is 5.91 Å². The molecule has 5 N–H and O–H groups in total. The van der Waals surface area contributed by atoms with Crippen molar-refractivity contribution in [3.8, 4) is 0 Å². The number of H-pyrrole nitrogens is 1. The lowest BCUT2D eigenvalue weighted by Crippen LogP contribution is -2.36. The van der Waals surface area contributed by atoms with Crippen molar-refractivity contribution in [2.24, 2.45) is 0 Å². The minimum atomic E-state index is -0.380. The van der Waals surface area contributed by atoms with Gasteiger partial charge in [-0.1, -0.05) is 13.3 Å². The predicted molar refractivity (Wildman–Crippen MR) is 67.1 cm³/mol. The molecular weight excluding hydrogens is 236 g/mol. The molecule has 1 heterocycles. The molecule has 0 aliphatic rings. The maximum atomic E-state index is 12.1. The van der Waals surface area contributed by atoms with Gasteiger partial charge in [-0.05, 0) is 6.42 Å². The molecule has 1 aromatic rings. The molecule has 7 nitrogen and oxygen atoms in total. The van der Waals surface area contributed by atoms with E-state index < -0.39 is 0 Å². The SMILES string of the molecule is CCCc1[nH]nc(C(=O)N(CCO)CCO)c1N. The number of hydrogen-bond donors (Lipinski definition) is 4. The molecule has 0 spiro atoms. The first-order chi connectivity index (χ1) is 8.65. The number of aryl methyl sites for hydroxylation is 1. The van der Waals surface area contributed by atoms with Crippen LogP contribution in [0.15, 0.2) is 0 Å². The summed E-state index contributed by atoms with van der Waals surface area (Å²) < 4.78 is 0. The second kappa shape index (κ2) is 6.97. The minimum Gasteiger partial charge on any atom is -0.395 e. The van der Waals surface area contributed by atoms with Gasteiger partial charge >= 0.3 is 0 Å². The fourth-order valence-electron chi connectivity index (χ4n) is 1.70. The second-order valence-corrected chi connectivity index (χ2v) is 3.95. The third-order valence-electron chi connectivity index (χ3n) is 2.61. The number of rotatable bonds is 7. The molecule has 7 heteroatoms. The number of hydrogen-bond acceptors (Lipinski definition) is 5. The topological polar surface area (TPSA) is 115 Å². The van der Waals surface area contributed by atoms with Crippen LogP contribution < -0.4 is 5.73 Å². The van der Waals surface area contributed by atoms with Crippen LogP contribution in [0.3, 0.4) is 0 Å². The maximum absolute atomic E-state index is 12.1. The third kappa shape index (κ3) is 3.21. The summed E-state index contributed by atoms with van der Waals surface area (Å²) in [4.78, 5) is 13.4. The average Bonchev–Trinajstić information content (AvgIpc) is 2.71. The Morgan fingerprint density at radius 2 is 2.00 bits per heavy atom. The highest BCUT2D eigenvalue weighted by atomic mass is 16.3. The van der Waals surface area contributed by atoms with E-state index in [1.54, 1.807) is 0 Å². The van der Waals surface area contributed by atoms with Crippen LogP contribution in [-0.4, -0.2) is 57.5 Å². The van der Waals surface area contributed by atoms with Gasteiger partial charge in [0.1, 0.15) is 0 Å². The molecule has 0 fully saturated rings. The molecule has 1 aromatic heterocycles. The maximum Gasteiger partial charge on any atom is 0.276 e. The van der Waals surface area contributed by atoms with Crippen molar-refractivity contribution >= 4 is 11.6 Å². The van der Waals surface area contributed by atoms with Crippen molar-refractivity contribution in [3.63, 3.8) is 0 Å². The molecule has 0 unspecified atom stereocenters. The zero-order chi connectivity index (χ0) is 13.5. The smallest absolute Gasteiger partial charge is 0.276 e. The summed E-state index contributed by atoms with van der Waals surface area (Å²) in [6.45, 7) is 1.96. The van der Waals surface area contributed by atoms with E-state index in [0.717, 1.165) is 18.5 Å². The van der Waals surface area contributed by atoms with Gasteiger partial charge in [0.15, 0.2) is 5.69 Å². The quantitative estimate of drug-likeness (QED) is 0.518. The van der Waals surface area contributed by atoms with E-state index in [1.165, 1.54) is 4.90 Å². The Balaban J connectivity index is 2.87. The predicted octanol–water partition coefficient (Wildman–Crippen LogP) is -0.629. The van der Waals surface area contributed by atoms with E-state index in [1.807, 2.05) is 6.92 Å². The van der Waals surface area contributed by atoms with E-state index in [2.05, 4.69) is 10.2 Å². The number of nitrogens with zero attached hydrogens (tertiary/aromatic N) is 2. The molecule has 0 bridgehead atoms. The number of aliphatic hydroxyl groups is 2. The first-order valence-electron chi connectivity index (χ1n) is 5.99. The summed E-state index contributed by atoms with van der Waals surface area (Å²) in [6, 6.07) is 0. The number of anilines is 1. The summed E-state index contributed by atoms with van der Waals surface area (Å²) >= 11 is 0. The Morgan fingerprint density at radius 3 is 2.50 bits per heavy atom. The van der Waals surface area contributed by atoms with Crippen LogP contribution in [0.4, 0.5) is 5.69 Å². The van der Waals surface area contributed by atoms with Gasteiger partial charge in [-0.15, -0.1) is 0 Å². The number of aliphatic hydroxyl groups excluding tert-OH is 2. The summed E-state index contributed by atoms with van der Waals surface area (Å²) in [5.74, 6) is -0.380. The second-order valence-electron chi connectivity index (χ2n) is 3.95. The summed E-state index contributed by atoms with van der Waals surface area (Å²) in [5.41, 5.74) is 7.10. The molecule has 18 heavy (non-hydrogen) atoms. The summed E-state index contributed by atoms with van der Waals surface area (Å²) in [5, 5.41) is 24.4. The highest BCUT2D eigenvalue weighted by molar-refractivity contribution is 5.97. The van der Waals surface area contributed by atoms with Crippen LogP contribution >= 0.6 is 0 Å². The molecule has 1 rings (SSSR count). The highest BCUT2D eigenvalue weighted by Gasteiger charge is 2.22. The molecule has 0 radical (unpaired) electrons. The van der Waals surface area contributed by atoms with Crippen molar-refractivity contribution in [2.75, 3.05) is 32.0 Å². The Bertz CT molecular complexity index is 386. The van der Waals surface area contributed by atoms with Crippen LogP contribution in [0.2, 0.25) is 0 Å². The standard InChI is InChI=1S/C11H20N4O3/c1-2-3-8-9(12)10(14-13-8)11(18)15(4-6-16)5-7-17/h16-17H,2-7,12H2,1H3,(H,13,14). The van der Waals surface area contributed by atoms with E-state index in [-0.39, 0.29) is 37.9 Å². The van der Waals surface area contributed by atoms with E-state index in [4.69, 9.17) is 15.9 Å². The highest BCUT2D eigenvalue weighted by Crippen LogP contribution is 2.17. The first-order valence-corrected chi connectivity index (χ1v) is 5.99. The number of aromatic amines is 1. The van der Waals surface area contributed by atoms with E-state index in [0.29, 0.717) is 5.69 Å². The largest absolute Gasteiger partial charge is 0.395 e. The van der Waals surface area contributed by atoms with Gasteiger partial charge in [-0.25, -0.2) is 0 Å². The normalized spacial score (nSPS) is 10.6. The van der Waals surface area contributed by atoms with Gasteiger partial charge in [0, 0.05) is 13.1 Å². The Labute approximate surface area is 106 Å². The minimum absolute atomic E-state index is 0.148. The van der Waals surface area contributed by atoms with Crippen LogP contribution in [0.5, 0.6) is 0 Å². The molecule has 0 aliphatic heterocycles. The fourth-order valence-corrected chi connectivity index (χ4v) is 1.70. The number of carbonyl (C=O) groups is 1. The van der Waals surface area contributed by atoms with Crippen molar-refractivity contribution in [2.45, 2.75) is 19.8 Å². The van der Waals surface area contributed by atoms with Crippen molar-refractivity contribution in [1.29, 1.82) is 0 Å². The monoisotopic (exact) mass is 256 g/mol. The summed E-state index contributed by atoms with van der Waals surface area (Å²) in [6.07, 6.45) is 1.63. The van der Waals surface area contributed by atoms with Gasteiger partial charge in [0.05, 0.1) is 24.6 Å². The van der Waals surface area contributed by atoms with Gasteiger partial charge in [-0.2, -0.15) is 5.10 Å². The number of nitrogen functional groups attached to an aromatic ring is 1. The molecule has 0 atom stereocenters. The first kappa shape index (κ1) is 14.5. The van der Waals surface area contributed by atoms with E-state index in [9.17, 15) is 4.79 Å². The lowest BCUT2D eigenvalue weighted by molar-refractivity contribution is 0.0680. The van der Waals surface area contributed by atoms with Gasteiger partial charge < -0.3 is 20.8 Å². The van der Waals surface area contributed by atoms with Crippen molar-refractivity contribution in [1.82, 2.24) is 15.1 Å². The Hall–Kier alpha value is -1.60. The lowest BCUT2D eigenvalue weighted by atomic mass is 10.2. The number of nitrogens with two attached hydrogens (primary N) is 1. The fraction of sp³-hybridized carbons (Fsp3) is 0.636. The number of aromatic nitrogens is 2. The molecule has 0 saturated heterocycles. The van der Waals surface area contributed by atoms with Crippen LogP contribution in [0.1, 0.15) is 29.5 Å². The zero-order valence-corrected chi connectivity index (χ0v) is 10.5. The average molecular weight is 256 g/mol. The van der Waals surface area contributed by atoms with Gasteiger partial charge in [0.2, 0.25) is 0 Å². The molecule has 1 amide bonds. The third-order valence-corrected chi connectivity index (χ3v) is 2.61. The summed E-state index contributed by atoms with van der Waals surface area (Å²) in [7, 11) is 0. The Kier molecular flexibility index (Phi) is 5.60. The number of nitrogens with one attached hydrogen (secondary N) is 1. The van der Waals surface area contributed by atoms with Crippen molar-refractivity contribution < 1.29 is 15.0 Å². The van der Waals surface area contributed by atoms with Crippen molar-refractivity contribution in [3.05, 3.63) is 11.4 Å². The van der Waals surface area contributed by atoms with Gasteiger partial charge in [-0.3, -0.25) is 9.89 Å². The number of amides is 1. The van der Waals surface area contributed by atoms with Crippen LogP contribution in [0.25, 0.3) is 0 Å².